The van der Waals surface area contributed by atoms with Crippen LogP contribution in [0.25, 0.3) is 0 Å². The zero-order valence-electron chi connectivity index (χ0n) is 8.54. The molecular formula is C12H8Cl4S. The van der Waals surface area contributed by atoms with Gasteiger partial charge in [-0.15, -0.1) is 0 Å². The van der Waals surface area contributed by atoms with Crippen LogP contribution in [0, 0.1) is 0 Å². The van der Waals surface area contributed by atoms with Gasteiger partial charge in [0.05, 0.1) is 0 Å². The summed E-state index contributed by atoms with van der Waals surface area (Å²) in [5.74, 6) is 0. The first kappa shape index (κ1) is 13.4. The maximum Gasteiger partial charge on any atom is 0.0406 e. The van der Waals surface area contributed by atoms with E-state index in [-0.39, 0.29) is 0 Å². The quantitative estimate of drug-likeness (QED) is 0.589. The molecule has 0 bridgehead atoms. The van der Waals surface area contributed by atoms with E-state index in [9.17, 15) is 0 Å². The van der Waals surface area contributed by atoms with Crippen molar-refractivity contribution in [2.75, 3.05) is 0 Å². The molecule has 5 heteroatoms. The summed E-state index contributed by atoms with van der Waals surface area (Å²) in [5, 5.41) is 1.32. The van der Waals surface area contributed by atoms with E-state index in [0.717, 1.165) is 9.79 Å². The molecule has 0 aliphatic rings. The molecule has 0 aliphatic carbocycles. The minimum absolute atomic E-state index is 0.661. The highest BCUT2D eigenvalue weighted by atomic mass is 36.0. The average molecular weight is 326 g/mol. The molecule has 0 N–H and O–H groups in total. The van der Waals surface area contributed by atoms with Crippen LogP contribution in [0.4, 0.5) is 0 Å². The topological polar surface area (TPSA) is 0 Å². The SMILES string of the molecule is Clc1ccc(S(Cl)(Cl)c2ccc(Cl)cc2)cc1. The number of rotatable bonds is 2. The van der Waals surface area contributed by atoms with Crippen molar-refractivity contribution in [3.8, 4) is 0 Å². The second-order valence-corrected chi connectivity index (χ2v) is 9.38. The molecule has 2 aromatic carbocycles. The van der Waals surface area contributed by atoms with Gasteiger partial charge in [-0.3, -0.25) is 0 Å². The van der Waals surface area contributed by atoms with E-state index in [2.05, 4.69) is 0 Å². The van der Waals surface area contributed by atoms with Gasteiger partial charge < -0.3 is 0 Å². The highest BCUT2D eigenvalue weighted by Crippen LogP contribution is 2.70. The van der Waals surface area contributed by atoms with E-state index in [1.165, 1.54) is 0 Å². The Bertz CT molecular complexity index is 458. The fourth-order valence-electron chi connectivity index (χ4n) is 1.35. The fourth-order valence-corrected chi connectivity index (χ4v) is 4.06. The van der Waals surface area contributed by atoms with Crippen LogP contribution in [0.2, 0.25) is 10.0 Å². The van der Waals surface area contributed by atoms with Crippen LogP contribution >= 0.6 is 53.0 Å². The van der Waals surface area contributed by atoms with Crippen molar-refractivity contribution in [3.05, 3.63) is 58.6 Å². The van der Waals surface area contributed by atoms with Gasteiger partial charge in [-0.05, 0) is 78.4 Å². The van der Waals surface area contributed by atoms with Gasteiger partial charge in [-0.1, -0.05) is 23.2 Å². The molecule has 0 spiro atoms. The van der Waals surface area contributed by atoms with Crippen molar-refractivity contribution in [2.24, 2.45) is 0 Å². The zero-order chi connectivity index (χ0) is 12.5. The van der Waals surface area contributed by atoms with Crippen molar-refractivity contribution in [1.82, 2.24) is 0 Å². The fraction of sp³-hybridized carbons (Fsp3) is 0. The van der Waals surface area contributed by atoms with Gasteiger partial charge in [-0.2, -0.15) is 0 Å². The van der Waals surface area contributed by atoms with E-state index in [4.69, 9.17) is 44.6 Å². The highest BCUT2D eigenvalue weighted by molar-refractivity contribution is 8.66. The monoisotopic (exact) mass is 324 g/mol. The lowest BCUT2D eigenvalue weighted by molar-refractivity contribution is 1.39. The van der Waals surface area contributed by atoms with Crippen LogP contribution in [0.5, 0.6) is 0 Å². The molecule has 0 heterocycles. The standard InChI is InChI=1S/C12H8Cl4S/c13-9-1-5-11(6-2-9)17(15,16)12-7-3-10(14)4-8-12/h1-8H. The van der Waals surface area contributed by atoms with E-state index in [1.54, 1.807) is 24.3 Å². The molecule has 90 valence electrons. The van der Waals surface area contributed by atoms with Crippen LogP contribution in [-0.2, 0) is 0 Å². The number of halogens is 4. The minimum Gasteiger partial charge on any atom is -0.0843 e. The van der Waals surface area contributed by atoms with Gasteiger partial charge in [0.25, 0.3) is 0 Å². The van der Waals surface area contributed by atoms with Gasteiger partial charge in [0.2, 0.25) is 0 Å². The lowest BCUT2D eigenvalue weighted by Crippen LogP contribution is -1.86. The molecule has 0 aliphatic heterocycles. The van der Waals surface area contributed by atoms with Crippen LogP contribution in [0.3, 0.4) is 0 Å². The summed E-state index contributed by atoms with van der Waals surface area (Å²) in [5.41, 5.74) is 0. The smallest absolute Gasteiger partial charge is 0.0406 e. The summed E-state index contributed by atoms with van der Waals surface area (Å²) in [6, 6.07) is 14.5. The van der Waals surface area contributed by atoms with Crippen LogP contribution in [0.1, 0.15) is 0 Å². The molecular weight excluding hydrogens is 318 g/mol. The Labute approximate surface area is 121 Å². The van der Waals surface area contributed by atoms with E-state index in [0.29, 0.717) is 10.0 Å². The molecule has 0 aromatic heterocycles. The molecule has 0 radical (unpaired) electrons. The molecule has 0 fully saturated rings. The summed E-state index contributed by atoms with van der Waals surface area (Å²) < 4.78 is 0. The van der Waals surface area contributed by atoms with E-state index < -0.39 is 8.46 Å². The van der Waals surface area contributed by atoms with Crippen LogP contribution in [0.15, 0.2) is 58.3 Å². The summed E-state index contributed by atoms with van der Waals surface area (Å²) in [4.78, 5) is 1.71. The molecule has 17 heavy (non-hydrogen) atoms. The second kappa shape index (κ2) is 5.29. The summed E-state index contributed by atoms with van der Waals surface area (Å²) in [6.07, 6.45) is 0. The first-order valence-corrected chi connectivity index (χ1v) is 8.78. The Morgan fingerprint density at radius 1 is 0.588 bits per heavy atom. The Hall–Kier alpha value is -0.0500. The normalized spacial score (nSPS) is 12.5. The van der Waals surface area contributed by atoms with E-state index in [1.807, 2.05) is 24.3 Å². The van der Waals surface area contributed by atoms with Crippen LogP contribution in [-0.4, -0.2) is 0 Å². The highest BCUT2D eigenvalue weighted by Gasteiger charge is 2.23. The van der Waals surface area contributed by atoms with Crippen molar-refractivity contribution in [2.45, 2.75) is 9.79 Å². The van der Waals surface area contributed by atoms with Crippen molar-refractivity contribution in [3.63, 3.8) is 0 Å². The molecule has 0 atom stereocenters. The van der Waals surface area contributed by atoms with Crippen molar-refractivity contribution >= 4 is 53.0 Å². The van der Waals surface area contributed by atoms with Gasteiger partial charge in [-0.25, -0.2) is 0 Å². The summed E-state index contributed by atoms with van der Waals surface area (Å²) in [7, 11) is 10.9. The Morgan fingerprint density at radius 3 is 1.18 bits per heavy atom. The number of benzene rings is 2. The molecule has 0 saturated carbocycles. The second-order valence-electron chi connectivity index (χ2n) is 3.38. The lowest BCUT2D eigenvalue weighted by atomic mass is 10.4. The predicted molar refractivity (Wildman–Crippen MR) is 78.7 cm³/mol. The third-order valence-electron chi connectivity index (χ3n) is 2.22. The van der Waals surface area contributed by atoms with Crippen molar-refractivity contribution < 1.29 is 0 Å². The van der Waals surface area contributed by atoms with Gasteiger partial charge in [0.15, 0.2) is 0 Å². The maximum atomic E-state index is 6.45. The Morgan fingerprint density at radius 2 is 0.882 bits per heavy atom. The van der Waals surface area contributed by atoms with Gasteiger partial charge in [0, 0.05) is 19.8 Å². The number of hydrogen-bond donors (Lipinski definition) is 0. The Balaban J connectivity index is 2.41. The number of hydrogen-bond acceptors (Lipinski definition) is 0. The molecule has 0 nitrogen and oxygen atoms in total. The molecule has 0 unspecified atom stereocenters. The molecule has 2 aromatic rings. The van der Waals surface area contributed by atoms with Gasteiger partial charge in [0.1, 0.15) is 0 Å². The Kier molecular flexibility index (Phi) is 4.17. The van der Waals surface area contributed by atoms with Crippen molar-refractivity contribution in [1.29, 1.82) is 0 Å². The molecule has 0 saturated heterocycles. The third-order valence-corrected chi connectivity index (χ3v) is 6.59. The largest absolute Gasteiger partial charge is 0.0843 e. The van der Waals surface area contributed by atoms with E-state index >= 15 is 0 Å². The average Bonchev–Trinajstić information content (AvgIpc) is 2.30. The molecule has 2 rings (SSSR count). The first-order chi connectivity index (χ1) is 8.00. The minimum atomic E-state index is -2.05. The predicted octanol–water partition coefficient (Wildman–Crippen LogP) is 6.52. The first-order valence-electron chi connectivity index (χ1n) is 4.74. The van der Waals surface area contributed by atoms with Crippen LogP contribution < -0.4 is 0 Å². The third kappa shape index (κ3) is 3.04. The summed E-state index contributed by atoms with van der Waals surface area (Å²) >= 11 is 11.7. The molecule has 0 amide bonds. The maximum absolute atomic E-state index is 6.45. The lowest BCUT2D eigenvalue weighted by Gasteiger charge is -2.25. The summed E-state index contributed by atoms with van der Waals surface area (Å²) in [6.45, 7) is 0. The van der Waals surface area contributed by atoms with Gasteiger partial charge >= 0.3 is 0 Å². The zero-order valence-corrected chi connectivity index (χ0v) is 12.4.